The van der Waals surface area contributed by atoms with Gasteiger partial charge < -0.3 is 10.2 Å². The highest BCUT2D eigenvalue weighted by Gasteiger charge is 2.46. The molecule has 6 nitrogen and oxygen atoms in total. The Morgan fingerprint density at radius 2 is 1.56 bits per heavy atom. The number of imide groups is 1. The van der Waals surface area contributed by atoms with E-state index in [0.717, 1.165) is 28.7 Å². The minimum absolute atomic E-state index is 0.168. The molecule has 8 heteroatoms. The van der Waals surface area contributed by atoms with Gasteiger partial charge in [0.05, 0.1) is 5.69 Å². The average molecular weight is 435 g/mol. The lowest BCUT2D eigenvalue weighted by Gasteiger charge is -2.22. The van der Waals surface area contributed by atoms with Gasteiger partial charge in [0.2, 0.25) is 5.91 Å². The number of carbonyl (C=O) groups excluding carboxylic acids is 3. The van der Waals surface area contributed by atoms with Gasteiger partial charge in [-0.2, -0.15) is 0 Å². The third kappa shape index (κ3) is 4.34. The molecule has 32 heavy (non-hydrogen) atoms. The Morgan fingerprint density at radius 1 is 0.906 bits per heavy atom. The Kier molecular flexibility index (Phi) is 5.93. The molecule has 0 saturated carbocycles. The van der Waals surface area contributed by atoms with Crippen molar-refractivity contribution in [3.05, 3.63) is 102 Å². The number of urea groups is 1. The number of carbonyl (C=O) groups is 3. The molecule has 1 unspecified atom stereocenters. The second kappa shape index (κ2) is 8.97. The van der Waals surface area contributed by atoms with Gasteiger partial charge in [-0.15, -0.1) is 0 Å². The van der Waals surface area contributed by atoms with Crippen LogP contribution in [0.25, 0.3) is 0 Å². The van der Waals surface area contributed by atoms with E-state index in [0.29, 0.717) is 5.56 Å². The van der Waals surface area contributed by atoms with Crippen LogP contribution in [0.4, 0.5) is 19.3 Å². The van der Waals surface area contributed by atoms with E-state index in [1.807, 2.05) is 30.3 Å². The monoisotopic (exact) mass is 435 g/mol. The molecule has 4 rings (SSSR count). The van der Waals surface area contributed by atoms with Gasteiger partial charge in [-0.25, -0.2) is 13.6 Å². The quantitative estimate of drug-likeness (QED) is 0.593. The van der Waals surface area contributed by atoms with E-state index in [9.17, 15) is 23.2 Å². The van der Waals surface area contributed by atoms with Crippen molar-refractivity contribution in [3.63, 3.8) is 0 Å². The van der Waals surface area contributed by atoms with E-state index in [1.54, 1.807) is 30.3 Å². The minimum Gasteiger partial charge on any atom is -0.322 e. The summed E-state index contributed by atoms with van der Waals surface area (Å²) in [7, 11) is 0. The number of halogens is 2. The lowest BCUT2D eigenvalue weighted by molar-refractivity contribution is -0.131. The Bertz CT molecular complexity index is 1160. The number of benzene rings is 3. The highest BCUT2D eigenvalue weighted by Crippen LogP contribution is 2.32. The van der Waals surface area contributed by atoms with Crippen LogP contribution in [0.1, 0.15) is 17.2 Å². The maximum atomic E-state index is 13.8. The fraction of sp³-hybridized carbons (Fsp3) is 0.125. The Balaban J connectivity index is 1.58. The largest absolute Gasteiger partial charge is 0.328 e. The lowest BCUT2D eigenvalue weighted by Crippen LogP contribution is -2.39. The molecule has 0 aromatic heterocycles. The van der Waals surface area contributed by atoms with Gasteiger partial charge >= 0.3 is 6.03 Å². The van der Waals surface area contributed by atoms with Crippen molar-refractivity contribution in [1.82, 2.24) is 9.80 Å². The molecule has 1 aliphatic rings. The Hall–Kier alpha value is -4.07. The molecule has 1 fully saturated rings. The van der Waals surface area contributed by atoms with Gasteiger partial charge in [0.25, 0.3) is 5.91 Å². The van der Waals surface area contributed by atoms with Gasteiger partial charge in [-0.1, -0.05) is 60.7 Å². The molecular weight excluding hydrogens is 416 g/mol. The summed E-state index contributed by atoms with van der Waals surface area (Å²) in [5.41, 5.74) is 1.07. The lowest BCUT2D eigenvalue weighted by atomic mass is 10.1. The normalized spacial score (nSPS) is 15.9. The zero-order chi connectivity index (χ0) is 22.7. The molecular formula is C24H19F2N3O3. The van der Waals surface area contributed by atoms with Crippen molar-refractivity contribution in [3.8, 4) is 0 Å². The van der Waals surface area contributed by atoms with Gasteiger partial charge in [0, 0.05) is 12.6 Å². The highest BCUT2D eigenvalue weighted by atomic mass is 19.1. The van der Waals surface area contributed by atoms with Gasteiger partial charge in [-0.3, -0.25) is 14.5 Å². The molecule has 0 radical (unpaired) electrons. The topological polar surface area (TPSA) is 69.7 Å². The molecule has 3 aromatic carbocycles. The summed E-state index contributed by atoms with van der Waals surface area (Å²) in [4.78, 5) is 41.0. The van der Waals surface area contributed by atoms with Crippen LogP contribution in [0.15, 0.2) is 78.9 Å². The van der Waals surface area contributed by atoms with Crippen molar-refractivity contribution in [2.75, 3.05) is 11.9 Å². The van der Waals surface area contributed by atoms with Crippen molar-refractivity contribution in [2.24, 2.45) is 0 Å². The summed E-state index contributed by atoms with van der Waals surface area (Å²) in [5, 5.41) is 2.22. The molecule has 1 heterocycles. The van der Waals surface area contributed by atoms with Gasteiger partial charge in [0.15, 0.2) is 0 Å². The third-order valence-electron chi connectivity index (χ3n) is 5.10. The third-order valence-corrected chi connectivity index (χ3v) is 5.10. The Labute approximate surface area is 183 Å². The number of hydrogen-bond donors (Lipinski definition) is 1. The van der Waals surface area contributed by atoms with Crippen molar-refractivity contribution >= 4 is 23.5 Å². The molecule has 0 spiro atoms. The zero-order valence-electron chi connectivity index (χ0n) is 16.9. The fourth-order valence-electron chi connectivity index (χ4n) is 3.61. The number of anilines is 1. The maximum absolute atomic E-state index is 13.8. The van der Waals surface area contributed by atoms with E-state index in [2.05, 4.69) is 5.32 Å². The molecule has 0 aliphatic carbocycles. The second-order valence-corrected chi connectivity index (χ2v) is 7.31. The van der Waals surface area contributed by atoms with Crippen LogP contribution in [-0.4, -0.2) is 34.2 Å². The van der Waals surface area contributed by atoms with E-state index in [4.69, 9.17) is 0 Å². The first-order valence-corrected chi connectivity index (χ1v) is 9.90. The van der Waals surface area contributed by atoms with Crippen LogP contribution < -0.4 is 5.32 Å². The number of amides is 4. The van der Waals surface area contributed by atoms with E-state index < -0.39 is 42.1 Å². The predicted octanol–water partition coefficient (Wildman–Crippen LogP) is 4.11. The average Bonchev–Trinajstić information content (AvgIpc) is 3.02. The second-order valence-electron chi connectivity index (χ2n) is 7.31. The number of hydrogen-bond acceptors (Lipinski definition) is 3. The van der Waals surface area contributed by atoms with E-state index in [-0.39, 0.29) is 12.2 Å². The van der Waals surface area contributed by atoms with Crippen LogP contribution in [0.3, 0.4) is 0 Å². The molecule has 1 atom stereocenters. The van der Waals surface area contributed by atoms with Crippen LogP contribution in [0.2, 0.25) is 0 Å². The van der Waals surface area contributed by atoms with Crippen molar-refractivity contribution in [2.45, 2.75) is 12.6 Å². The molecule has 162 valence electrons. The number of nitrogens with one attached hydrogen (secondary N) is 1. The summed E-state index contributed by atoms with van der Waals surface area (Å²) in [6.07, 6.45) is 0. The smallest absolute Gasteiger partial charge is 0.322 e. The molecule has 1 aliphatic heterocycles. The van der Waals surface area contributed by atoms with Gasteiger partial charge in [0.1, 0.15) is 24.2 Å². The van der Waals surface area contributed by atoms with E-state index >= 15 is 0 Å². The van der Waals surface area contributed by atoms with Crippen molar-refractivity contribution in [1.29, 1.82) is 0 Å². The first kappa shape index (κ1) is 21.2. The summed E-state index contributed by atoms with van der Waals surface area (Å²) < 4.78 is 27.2. The highest BCUT2D eigenvalue weighted by molar-refractivity contribution is 6.08. The fourth-order valence-corrected chi connectivity index (χ4v) is 3.61. The predicted molar refractivity (Wildman–Crippen MR) is 113 cm³/mol. The first-order chi connectivity index (χ1) is 15.4. The Morgan fingerprint density at radius 3 is 2.25 bits per heavy atom. The van der Waals surface area contributed by atoms with Crippen LogP contribution in [0, 0.1) is 11.6 Å². The molecule has 3 aromatic rings. The van der Waals surface area contributed by atoms with Crippen LogP contribution >= 0.6 is 0 Å². The van der Waals surface area contributed by atoms with Crippen LogP contribution in [-0.2, 0) is 16.1 Å². The molecule has 1 saturated heterocycles. The standard InChI is InChI=1S/C24H19F2N3O3/c25-18-11-12-19(26)20(13-18)27-21(30)15-29-23(31)22(17-9-5-2-6-10-17)28(24(29)32)14-16-7-3-1-4-8-16/h1-13,22H,14-15H2,(H,27,30). The maximum Gasteiger partial charge on any atom is 0.328 e. The van der Waals surface area contributed by atoms with Gasteiger partial charge in [-0.05, 0) is 23.3 Å². The molecule has 1 N–H and O–H groups in total. The van der Waals surface area contributed by atoms with Crippen molar-refractivity contribution < 1.29 is 23.2 Å². The summed E-state index contributed by atoms with van der Waals surface area (Å²) >= 11 is 0. The molecule has 0 bridgehead atoms. The summed E-state index contributed by atoms with van der Waals surface area (Å²) in [6, 6.07) is 19.0. The first-order valence-electron chi connectivity index (χ1n) is 9.90. The molecule has 4 amide bonds. The number of nitrogens with zero attached hydrogens (tertiary/aromatic N) is 2. The number of rotatable bonds is 6. The minimum atomic E-state index is -0.900. The zero-order valence-corrected chi connectivity index (χ0v) is 16.9. The summed E-state index contributed by atoms with van der Waals surface area (Å²) in [5.74, 6) is -2.93. The van der Waals surface area contributed by atoms with E-state index in [1.165, 1.54) is 4.90 Å². The SMILES string of the molecule is O=C(CN1C(=O)C(c2ccccc2)N(Cc2ccccc2)C1=O)Nc1cc(F)ccc1F. The summed E-state index contributed by atoms with van der Waals surface area (Å²) in [6.45, 7) is -0.455. The van der Waals surface area contributed by atoms with Crippen LogP contribution in [0.5, 0.6) is 0 Å².